The molecule has 1 aliphatic rings. The second kappa shape index (κ2) is 12.6. The van der Waals surface area contributed by atoms with E-state index < -0.39 is 0 Å². The van der Waals surface area contributed by atoms with E-state index in [9.17, 15) is 0 Å². The zero-order valence-corrected chi connectivity index (χ0v) is 31.6. The number of fused-ring (bicyclic) bond motifs is 5. The highest BCUT2D eigenvalue weighted by atomic mass is 16.3. The maximum absolute atomic E-state index is 6.69. The number of rotatable bonds is 5. The summed E-state index contributed by atoms with van der Waals surface area (Å²) in [6, 6.07) is 53.5. The topological polar surface area (TPSA) is 51.8 Å². The van der Waals surface area contributed by atoms with E-state index in [4.69, 9.17) is 19.4 Å². The highest BCUT2D eigenvalue weighted by Crippen LogP contribution is 2.48. The van der Waals surface area contributed by atoms with E-state index in [1.54, 1.807) is 0 Å². The van der Waals surface area contributed by atoms with Gasteiger partial charge in [-0.25, -0.2) is 15.0 Å². The maximum Gasteiger partial charge on any atom is 0.164 e. The zero-order valence-electron chi connectivity index (χ0n) is 31.6. The third-order valence-corrected chi connectivity index (χ3v) is 11.8. The second-order valence-corrected chi connectivity index (χ2v) is 16.3. The largest absolute Gasteiger partial charge is 0.455 e. The molecular weight excluding hydrogens is 671 g/mol. The molecule has 0 bridgehead atoms. The van der Waals surface area contributed by atoms with Crippen molar-refractivity contribution in [3.05, 3.63) is 163 Å². The van der Waals surface area contributed by atoms with E-state index in [2.05, 4.69) is 167 Å². The highest BCUT2D eigenvalue weighted by molar-refractivity contribution is 6.11. The average Bonchev–Trinajstić information content (AvgIpc) is 3.61. The summed E-state index contributed by atoms with van der Waals surface area (Å²) in [4.78, 5) is 15.6. The predicted molar refractivity (Wildman–Crippen MR) is 227 cm³/mol. The first-order chi connectivity index (χ1) is 26.7. The lowest BCUT2D eigenvalue weighted by Crippen LogP contribution is -2.33. The van der Waals surface area contributed by atoms with Gasteiger partial charge >= 0.3 is 0 Å². The molecule has 9 aromatic rings. The fourth-order valence-electron chi connectivity index (χ4n) is 8.46. The van der Waals surface area contributed by atoms with E-state index in [1.165, 1.54) is 28.5 Å². The van der Waals surface area contributed by atoms with Crippen LogP contribution < -0.4 is 0 Å². The highest BCUT2D eigenvalue weighted by Gasteiger charge is 2.37. The van der Waals surface area contributed by atoms with E-state index >= 15 is 0 Å². The molecule has 4 heteroatoms. The normalized spacial score (nSPS) is 14.7. The van der Waals surface area contributed by atoms with Gasteiger partial charge in [0.1, 0.15) is 11.2 Å². The van der Waals surface area contributed by atoms with Crippen LogP contribution in [-0.4, -0.2) is 15.0 Å². The summed E-state index contributed by atoms with van der Waals surface area (Å²) in [5.41, 5.74) is 12.1. The Labute approximate surface area is 321 Å². The van der Waals surface area contributed by atoms with E-state index in [0.717, 1.165) is 67.1 Å². The molecule has 0 amide bonds. The molecule has 55 heavy (non-hydrogen) atoms. The molecule has 0 spiro atoms. The van der Waals surface area contributed by atoms with Gasteiger partial charge in [0.2, 0.25) is 0 Å². The smallest absolute Gasteiger partial charge is 0.164 e. The van der Waals surface area contributed by atoms with Gasteiger partial charge in [-0.05, 0) is 86.5 Å². The van der Waals surface area contributed by atoms with Crippen molar-refractivity contribution in [3.63, 3.8) is 0 Å². The minimum atomic E-state index is 0.0688. The van der Waals surface area contributed by atoms with Crippen molar-refractivity contribution in [1.82, 2.24) is 15.0 Å². The molecule has 0 saturated heterocycles. The first-order valence-electron chi connectivity index (χ1n) is 19.2. The molecule has 266 valence electrons. The molecule has 0 aliphatic heterocycles. The minimum Gasteiger partial charge on any atom is -0.455 e. The van der Waals surface area contributed by atoms with Gasteiger partial charge in [-0.1, -0.05) is 155 Å². The van der Waals surface area contributed by atoms with Gasteiger partial charge in [0, 0.05) is 33.0 Å². The Morgan fingerprint density at radius 2 is 1.00 bits per heavy atom. The first-order valence-corrected chi connectivity index (χ1v) is 19.2. The van der Waals surface area contributed by atoms with Crippen LogP contribution in [0.15, 0.2) is 156 Å². The Morgan fingerprint density at radius 3 is 1.78 bits per heavy atom. The lowest BCUT2D eigenvalue weighted by atomic mass is 9.63. The average molecular weight is 712 g/mol. The van der Waals surface area contributed by atoms with E-state index in [1.807, 2.05) is 12.1 Å². The molecule has 0 radical (unpaired) electrons. The Morgan fingerprint density at radius 1 is 0.418 bits per heavy atom. The number of nitrogens with zero attached hydrogens (tertiary/aromatic N) is 3. The van der Waals surface area contributed by atoms with Crippen LogP contribution in [0.3, 0.4) is 0 Å². The van der Waals surface area contributed by atoms with Crippen LogP contribution in [0.2, 0.25) is 0 Å². The quantitative estimate of drug-likeness (QED) is 0.178. The second-order valence-electron chi connectivity index (χ2n) is 16.3. The number of para-hydroxylation sites is 1. The number of hydrogen-bond donors (Lipinski definition) is 0. The van der Waals surface area contributed by atoms with Crippen molar-refractivity contribution in [2.75, 3.05) is 0 Å². The van der Waals surface area contributed by atoms with Gasteiger partial charge in [-0.2, -0.15) is 0 Å². The van der Waals surface area contributed by atoms with Gasteiger partial charge in [-0.3, -0.25) is 0 Å². The summed E-state index contributed by atoms with van der Waals surface area (Å²) in [5, 5.41) is 4.43. The van der Waals surface area contributed by atoms with Gasteiger partial charge < -0.3 is 4.42 Å². The van der Waals surface area contributed by atoms with Crippen LogP contribution >= 0.6 is 0 Å². The van der Waals surface area contributed by atoms with Crippen LogP contribution in [0.25, 0.3) is 89.1 Å². The lowest BCUT2D eigenvalue weighted by molar-refractivity contribution is 0.332. The molecular formula is C51H41N3O. The molecule has 0 atom stereocenters. The van der Waals surface area contributed by atoms with E-state index in [0.29, 0.717) is 17.5 Å². The molecule has 10 rings (SSSR count). The van der Waals surface area contributed by atoms with Gasteiger partial charge in [0.25, 0.3) is 0 Å². The molecule has 0 unspecified atom stereocenters. The van der Waals surface area contributed by atoms with Crippen LogP contribution in [0.5, 0.6) is 0 Å². The number of aromatic nitrogens is 3. The Bertz CT molecular complexity index is 2920. The maximum atomic E-state index is 6.69. The van der Waals surface area contributed by atoms with Crippen molar-refractivity contribution in [2.45, 2.75) is 51.4 Å². The molecule has 1 aliphatic carbocycles. The first kappa shape index (κ1) is 33.2. The molecule has 2 heterocycles. The van der Waals surface area contributed by atoms with Gasteiger partial charge in [0.05, 0.1) is 0 Å². The Hall–Kier alpha value is -6.39. The van der Waals surface area contributed by atoms with Crippen LogP contribution in [0.4, 0.5) is 0 Å². The van der Waals surface area contributed by atoms with Crippen molar-refractivity contribution in [3.8, 4) is 56.4 Å². The van der Waals surface area contributed by atoms with Crippen LogP contribution in [-0.2, 0) is 10.8 Å². The fraction of sp³-hybridized carbons (Fsp3) is 0.157. The molecule has 7 aromatic carbocycles. The SMILES string of the molecule is CC1(C)CCC(C)(C)c2cc(-c3cc(-c4nc(-c5ccc(-c6ccccc6)cc5)nc(-c5ccc6ccccc6c5)n4)cc4c3oc3ccccc34)ccc21. The molecule has 0 fully saturated rings. The fourth-order valence-corrected chi connectivity index (χ4v) is 8.46. The van der Waals surface area contributed by atoms with Crippen LogP contribution in [0.1, 0.15) is 51.7 Å². The standard InChI is InChI=1S/C51H41N3O/c1-50(2)26-27-51(3,4)44-31-37(24-25-43(44)50)41-29-39(30-42-40-16-10-11-17-45(40)55-46(41)42)49-53-47(35-21-18-34(19-22-35)32-12-6-5-7-13-32)52-48(54-49)38-23-20-33-14-8-9-15-36(33)28-38/h5-25,28-31H,26-27H2,1-4H3. The summed E-state index contributed by atoms with van der Waals surface area (Å²) < 4.78 is 6.69. The number of furan rings is 1. The van der Waals surface area contributed by atoms with Crippen molar-refractivity contribution in [1.29, 1.82) is 0 Å². The summed E-state index contributed by atoms with van der Waals surface area (Å²) >= 11 is 0. The zero-order chi connectivity index (χ0) is 37.3. The van der Waals surface area contributed by atoms with Crippen molar-refractivity contribution < 1.29 is 4.42 Å². The predicted octanol–water partition coefficient (Wildman–Crippen LogP) is 13.6. The molecule has 2 aromatic heterocycles. The third-order valence-electron chi connectivity index (χ3n) is 11.8. The van der Waals surface area contributed by atoms with Crippen LogP contribution in [0, 0.1) is 0 Å². The summed E-state index contributed by atoms with van der Waals surface area (Å²) in [6.07, 6.45) is 2.32. The third kappa shape index (κ3) is 5.81. The molecule has 4 nitrogen and oxygen atoms in total. The van der Waals surface area contributed by atoms with Gasteiger partial charge in [-0.15, -0.1) is 0 Å². The summed E-state index contributed by atoms with van der Waals surface area (Å²) in [7, 11) is 0. The molecule has 0 saturated carbocycles. The Balaban J connectivity index is 1.20. The Kier molecular flexibility index (Phi) is 7.60. The van der Waals surface area contributed by atoms with Crippen molar-refractivity contribution >= 4 is 32.7 Å². The lowest BCUT2D eigenvalue weighted by Gasteiger charge is -2.42. The molecule has 0 N–H and O–H groups in total. The van der Waals surface area contributed by atoms with Crippen molar-refractivity contribution in [2.24, 2.45) is 0 Å². The van der Waals surface area contributed by atoms with Gasteiger partial charge in [0.15, 0.2) is 17.5 Å². The minimum absolute atomic E-state index is 0.0688. The number of hydrogen-bond acceptors (Lipinski definition) is 4. The summed E-state index contributed by atoms with van der Waals surface area (Å²) in [6.45, 7) is 9.51. The van der Waals surface area contributed by atoms with E-state index in [-0.39, 0.29) is 10.8 Å². The monoisotopic (exact) mass is 711 g/mol. The summed E-state index contributed by atoms with van der Waals surface area (Å²) in [5.74, 6) is 1.88. The number of benzene rings is 7.